The summed E-state index contributed by atoms with van der Waals surface area (Å²) in [5, 5.41) is 5.28. The summed E-state index contributed by atoms with van der Waals surface area (Å²) in [5.41, 5.74) is 5.06. The van der Waals surface area contributed by atoms with E-state index in [1.165, 1.54) is 28.7 Å². The molecular weight excluding hydrogens is 390 g/mol. The minimum atomic E-state index is 0.140. The second-order valence-electron chi connectivity index (χ2n) is 8.71. The SMILES string of the molecule is Cc1ccc(CNC(=O)C2CCCC(Cc3ccnc4c3=NSCC=4)CC2)cc1C. The summed E-state index contributed by atoms with van der Waals surface area (Å²) in [6.45, 7) is 4.86. The van der Waals surface area contributed by atoms with Gasteiger partial charge in [-0.15, -0.1) is 0 Å². The number of hydrogen-bond donors (Lipinski definition) is 1. The Morgan fingerprint density at radius 1 is 1.13 bits per heavy atom. The van der Waals surface area contributed by atoms with Gasteiger partial charge in [-0.2, -0.15) is 0 Å². The van der Waals surface area contributed by atoms with Gasteiger partial charge in [0, 0.05) is 24.4 Å². The Bertz CT molecular complexity index is 1030. The van der Waals surface area contributed by atoms with Crippen molar-refractivity contribution in [2.75, 3.05) is 5.75 Å². The van der Waals surface area contributed by atoms with Crippen molar-refractivity contribution in [2.45, 2.75) is 58.9 Å². The maximum absolute atomic E-state index is 12.8. The standard InChI is InChI=1S/C25H31N3OS/c1-17-6-7-20(14-18(17)2)16-27-25(29)21-5-3-4-19(8-9-21)15-22-10-12-26-23-11-13-30-28-24(22)23/h6-7,10-12,14,19,21H,3-5,8-9,13,15-16H2,1-2H3,(H,27,29). The first-order valence-electron chi connectivity index (χ1n) is 11.1. The molecule has 0 saturated heterocycles. The van der Waals surface area contributed by atoms with E-state index in [1.54, 1.807) is 11.9 Å². The maximum Gasteiger partial charge on any atom is 0.223 e. The molecular formula is C25H31N3OS. The van der Waals surface area contributed by atoms with Gasteiger partial charge in [-0.3, -0.25) is 9.78 Å². The van der Waals surface area contributed by atoms with Crippen LogP contribution in [0.1, 0.15) is 54.4 Å². The number of hydrogen-bond acceptors (Lipinski definition) is 4. The summed E-state index contributed by atoms with van der Waals surface area (Å²) < 4.78 is 4.65. The van der Waals surface area contributed by atoms with Crippen LogP contribution in [0.5, 0.6) is 0 Å². The predicted molar refractivity (Wildman–Crippen MR) is 123 cm³/mol. The van der Waals surface area contributed by atoms with E-state index in [4.69, 9.17) is 0 Å². The van der Waals surface area contributed by atoms with Gasteiger partial charge < -0.3 is 5.32 Å². The molecule has 30 heavy (non-hydrogen) atoms. The van der Waals surface area contributed by atoms with Crippen molar-refractivity contribution in [3.8, 4) is 0 Å². The molecule has 1 amide bonds. The fraction of sp³-hybridized carbons (Fsp3) is 0.480. The second-order valence-corrected chi connectivity index (χ2v) is 9.48. The number of aryl methyl sites for hydroxylation is 2. The van der Waals surface area contributed by atoms with Crippen molar-refractivity contribution < 1.29 is 4.79 Å². The number of aromatic nitrogens is 1. The van der Waals surface area contributed by atoms with Crippen LogP contribution in [0, 0.1) is 25.7 Å². The lowest BCUT2D eigenvalue weighted by atomic mass is 9.91. The number of pyridine rings is 1. The van der Waals surface area contributed by atoms with Gasteiger partial charge in [-0.25, -0.2) is 4.40 Å². The van der Waals surface area contributed by atoms with E-state index in [1.807, 2.05) is 6.20 Å². The molecule has 1 aliphatic heterocycles. The van der Waals surface area contributed by atoms with Crippen LogP contribution < -0.4 is 16.0 Å². The van der Waals surface area contributed by atoms with Crippen LogP contribution in [-0.2, 0) is 17.8 Å². The highest BCUT2D eigenvalue weighted by Crippen LogP contribution is 2.29. The molecule has 1 N–H and O–H groups in total. The lowest BCUT2D eigenvalue weighted by molar-refractivity contribution is -0.125. The molecule has 0 radical (unpaired) electrons. The van der Waals surface area contributed by atoms with Gasteiger partial charge in [0.1, 0.15) is 0 Å². The van der Waals surface area contributed by atoms with Crippen LogP contribution in [-0.4, -0.2) is 16.6 Å². The molecule has 2 aliphatic rings. The third-order valence-electron chi connectivity index (χ3n) is 6.55. The summed E-state index contributed by atoms with van der Waals surface area (Å²) in [6, 6.07) is 8.55. The summed E-state index contributed by atoms with van der Waals surface area (Å²) in [4.78, 5) is 17.3. The summed E-state index contributed by atoms with van der Waals surface area (Å²) in [7, 11) is 0. The first-order valence-corrected chi connectivity index (χ1v) is 12.0. The summed E-state index contributed by atoms with van der Waals surface area (Å²) in [5.74, 6) is 1.89. The number of rotatable bonds is 5. The third kappa shape index (κ3) is 5.12. The van der Waals surface area contributed by atoms with E-state index < -0.39 is 0 Å². The molecule has 1 aromatic heterocycles. The zero-order valence-electron chi connectivity index (χ0n) is 18.0. The van der Waals surface area contributed by atoms with Gasteiger partial charge in [-0.05, 0) is 91.8 Å². The van der Waals surface area contributed by atoms with Crippen molar-refractivity contribution in [2.24, 2.45) is 16.2 Å². The van der Waals surface area contributed by atoms with Crippen molar-refractivity contribution in [3.63, 3.8) is 0 Å². The summed E-state index contributed by atoms with van der Waals surface area (Å²) in [6.07, 6.45) is 10.5. The number of carbonyl (C=O) groups excluding carboxylic acids is 1. The zero-order chi connectivity index (χ0) is 20.9. The van der Waals surface area contributed by atoms with Gasteiger partial charge in [-0.1, -0.05) is 31.0 Å². The van der Waals surface area contributed by atoms with E-state index in [0.29, 0.717) is 12.5 Å². The van der Waals surface area contributed by atoms with Crippen molar-refractivity contribution in [1.29, 1.82) is 0 Å². The Kier molecular flexibility index (Phi) is 6.88. The van der Waals surface area contributed by atoms with E-state index in [0.717, 1.165) is 48.6 Å². The van der Waals surface area contributed by atoms with Crippen LogP contribution in [0.4, 0.5) is 0 Å². The van der Waals surface area contributed by atoms with Crippen LogP contribution in [0.3, 0.4) is 0 Å². The highest BCUT2D eigenvalue weighted by Gasteiger charge is 2.24. The molecule has 4 rings (SSSR count). The Labute approximate surface area is 183 Å². The topological polar surface area (TPSA) is 54.4 Å². The van der Waals surface area contributed by atoms with E-state index in [2.05, 4.69) is 58.9 Å². The maximum atomic E-state index is 12.8. The first kappa shape index (κ1) is 21.1. The lowest BCUT2D eigenvalue weighted by Crippen LogP contribution is -2.34. The Morgan fingerprint density at radius 3 is 2.90 bits per heavy atom. The van der Waals surface area contributed by atoms with Gasteiger partial charge in [0.25, 0.3) is 0 Å². The van der Waals surface area contributed by atoms with Crippen LogP contribution in [0.25, 0.3) is 6.08 Å². The monoisotopic (exact) mass is 421 g/mol. The van der Waals surface area contributed by atoms with Crippen molar-refractivity contribution in [1.82, 2.24) is 10.3 Å². The van der Waals surface area contributed by atoms with Gasteiger partial charge in [0.05, 0.1) is 10.7 Å². The van der Waals surface area contributed by atoms with Gasteiger partial charge in [0.15, 0.2) is 0 Å². The first-order chi connectivity index (χ1) is 14.6. The van der Waals surface area contributed by atoms with E-state index >= 15 is 0 Å². The van der Waals surface area contributed by atoms with E-state index in [-0.39, 0.29) is 11.8 Å². The second kappa shape index (κ2) is 9.78. The molecule has 1 aromatic carbocycles. The highest BCUT2D eigenvalue weighted by atomic mass is 32.2. The molecule has 4 nitrogen and oxygen atoms in total. The van der Waals surface area contributed by atoms with E-state index in [9.17, 15) is 4.79 Å². The molecule has 1 saturated carbocycles. The minimum absolute atomic E-state index is 0.140. The highest BCUT2D eigenvalue weighted by molar-refractivity contribution is 7.98. The number of carbonyl (C=O) groups is 1. The Morgan fingerprint density at radius 2 is 2.03 bits per heavy atom. The number of nitrogens with one attached hydrogen (secondary N) is 1. The van der Waals surface area contributed by atoms with Gasteiger partial charge in [0.2, 0.25) is 5.91 Å². The van der Waals surface area contributed by atoms with Crippen molar-refractivity contribution >= 4 is 23.9 Å². The summed E-state index contributed by atoms with van der Waals surface area (Å²) >= 11 is 1.60. The largest absolute Gasteiger partial charge is 0.352 e. The molecule has 0 spiro atoms. The molecule has 5 heteroatoms. The van der Waals surface area contributed by atoms with Crippen molar-refractivity contribution in [3.05, 3.63) is 63.4 Å². The Balaban J connectivity index is 1.33. The van der Waals surface area contributed by atoms with Gasteiger partial charge >= 0.3 is 0 Å². The molecule has 2 atom stereocenters. The zero-order valence-corrected chi connectivity index (χ0v) is 18.8. The molecule has 1 fully saturated rings. The smallest absolute Gasteiger partial charge is 0.223 e. The van der Waals surface area contributed by atoms with Crippen LogP contribution in [0.2, 0.25) is 0 Å². The minimum Gasteiger partial charge on any atom is -0.352 e. The quantitative estimate of drug-likeness (QED) is 0.590. The lowest BCUT2D eigenvalue weighted by Gasteiger charge is -2.16. The Hall–Kier alpha value is -2.14. The average molecular weight is 422 g/mol. The number of nitrogens with zero attached hydrogens (tertiary/aromatic N) is 2. The molecule has 1 aliphatic carbocycles. The van der Waals surface area contributed by atoms with Crippen LogP contribution >= 0.6 is 11.9 Å². The number of amides is 1. The molecule has 0 bridgehead atoms. The van der Waals surface area contributed by atoms with Crippen LogP contribution in [0.15, 0.2) is 34.9 Å². The number of benzene rings is 1. The molecule has 158 valence electrons. The molecule has 2 heterocycles. The normalized spacial score (nSPS) is 21.0. The fourth-order valence-corrected chi connectivity index (χ4v) is 5.20. The number of fused-ring (bicyclic) bond motifs is 1. The molecule has 2 aromatic rings. The third-order valence-corrected chi connectivity index (χ3v) is 7.18. The fourth-order valence-electron chi connectivity index (χ4n) is 4.55. The average Bonchev–Trinajstić information content (AvgIpc) is 3.00. The predicted octanol–water partition coefficient (Wildman–Crippen LogP) is 3.82. The molecule has 2 unspecified atom stereocenters.